The second-order valence-electron chi connectivity index (χ2n) is 3.68. The molecular weight excluding hydrogens is 284 g/mol. The van der Waals surface area contributed by atoms with Gasteiger partial charge in [-0.2, -0.15) is 0 Å². The van der Waals surface area contributed by atoms with E-state index in [1.54, 1.807) is 0 Å². The number of halogens is 1. The van der Waals surface area contributed by atoms with E-state index in [2.05, 4.69) is 0 Å². The highest BCUT2D eigenvalue weighted by Gasteiger charge is 2.30. The smallest absolute Gasteiger partial charge is 0.203 e. The maximum atomic E-state index is 12.1. The molecule has 4 nitrogen and oxygen atoms in total. The van der Waals surface area contributed by atoms with E-state index in [0.717, 1.165) is 0 Å². The minimum absolute atomic E-state index is 0.0557. The highest BCUT2D eigenvalue weighted by molar-refractivity contribution is 7.98. The molecular formula is C10H9ClO4S2. The molecule has 1 aromatic rings. The van der Waals surface area contributed by atoms with Crippen molar-refractivity contribution in [3.8, 4) is 0 Å². The van der Waals surface area contributed by atoms with E-state index in [4.69, 9.17) is 11.6 Å². The first-order chi connectivity index (χ1) is 7.81. The first kappa shape index (κ1) is 12.6. The van der Waals surface area contributed by atoms with Crippen molar-refractivity contribution >= 4 is 31.3 Å². The summed E-state index contributed by atoms with van der Waals surface area (Å²) in [6.07, 6.45) is 1.25. The van der Waals surface area contributed by atoms with Crippen molar-refractivity contribution < 1.29 is 16.8 Å². The largest absolute Gasteiger partial charge is 0.228 e. The Hall–Kier alpha value is -0.850. The minimum Gasteiger partial charge on any atom is -0.228 e. The molecule has 7 heteroatoms. The van der Waals surface area contributed by atoms with Gasteiger partial charge in [0.05, 0.1) is 21.3 Å². The highest BCUT2D eigenvalue weighted by atomic mass is 35.5. The normalized spacial score (nSPS) is 19.0. The van der Waals surface area contributed by atoms with Crippen molar-refractivity contribution in [1.82, 2.24) is 0 Å². The molecule has 0 N–H and O–H groups in total. The molecule has 0 amide bonds. The van der Waals surface area contributed by atoms with Crippen LogP contribution < -0.4 is 0 Å². The fraction of sp³-hybridized carbons (Fsp3) is 0.200. The lowest BCUT2D eigenvalue weighted by Crippen LogP contribution is -2.10. The van der Waals surface area contributed by atoms with Gasteiger partial charge in [0.1, 0.15) is 0 Å². The topological polar surface area (TPSA) is 68.3 Å². The van der Waals surface area contributed by atoms with Gasteiger partial charge >= 0.3 is 0 Å². The van der Waals surface area contributed by atoms with Crippen LogP contribution in [0.4, 0.5) is 0 Å². The van der Waals surface area contributed by atoms with Crippen LogP contribution in [0.5, 0.6) is 0 Å². The summed E-state index contributed by atoms with van der Waals surface area (Å²) < 4.78 is 46.6. The first-order valence-corrected chi connectivity index (χ1v) is 8.40. The monoisotopic (exact) mass is 292 g/mol. The van der Waals surface area contributed by atoms with Gasteiger partial charge in [0.2, 0.25) is 9.84 Å². The van der Waals surface area contributed by atoms with E-state index >= 15 is 0 Å². The second kappa shape index (κ2) is 4.12. The van der Waals surface area contributed by atoms with E-state index in [-0.39, 0.29) is 15.6 Å². The van der Waals surface area contributed by atoms with Crippen molar-refractivity contribution in [2.45, 2.75) is 4.90 Å². The quantitative estimate of drug-likeness (QED) is 0.827. The number of rotatable bonds is 2. The summed E-state index contributed by atoms with van der Waals surface area (Å²) in [6.45, 7) is 0. The summed E-state index contributed by atoms with van der Waals surface area (Å²) in [5, 5.41) is 0.428. The lowest BCUT2D eigenvalue weighted by Gasteiger charge is -2.04. The van der Waals surface area contributed by atoms with E-state index in [9.17, 15) is 16.8 Å². The van der Waals surface area contributed by atoms with Crippen LogP contribution in [0.3, 0.4) is 0 Å². The van der Waals surface area contributed by atoms with Crippen LogP contribution >= 0.6 is 11.6 Å². The van der Waals surface area contributed by atoms with Crippen molar-refractivity contribution in [3.05, 3.63) is 40.3 Å². The Morgan fingerprint density at radius 2 is 1.71 bits per heavy atom. The fourth-order valence-corrected chi connectivity index (χ4v) is 5.12. The summed E-state index contributed by atoms with van der Waals surface area (Å²) >= 11 is 5.66. The molecule has 1 aliphatic rings. The zero-order valence-corrected chi connectivity index (χ0v) is 11.0. The third-order valence-corrected chi connectivity index (χ3v) is 6.15. The van der Waals surface area contributed by atoms with Crippen LogP contribution in [0.25, 0.3) is 0 Å². The molecule has 0 fully saturated rings. The fourth-order valence-electron chi connectivity index (χ4n) is 1.51. The van der Waals surface area contributed by atoms with Crippen LogP contribution in [-0.2, 0) is 19.7 Å². The zero-order valence-electron chi connectivity index (χ0n) is 8.63. The molecule has 17 heavy (non-hydrogen) atoms. The zero-order chi connectivity index (χ0) is 12.7. The lowest BCUT2D eigenvalue weighted by atomic mass is 10.4. The predicted octanol–water partition coefficient (Wildman–Crippen LogP) is 1.43. The van der Waals surface area contributed by atoms with E-state index in [1.807, 2.05) is 0 Å². The van der Waals surface area contributed by atoms with Gasteiger partial charge in [0.25, 0.3) is 0 Å². The molecule has 1 aromatic carbocycles. The van der Waals surface area contributed by atoms with Crippen LogP contribution in [0.2, 0.25) is 5.02 Å². The molecule has 0 aliphatic carbocycles. The minimum atomic E-state index is -3.70. The van der Waals surface area contributed by atoms with Gasteiger partial charge < -0.3 is 0 Å². The van der Waals surface area contributed by atoms with E-state index in [0.29, 0.717) is 5.02 Å². The van der Waals surface area contributed by atoms with Gasteiger partial charge in [-0.05, 0) is 24.3 Å². The Labute approximate surface area is 105 Å². The average molecular weight is 293 g/mol. The molecule has 1 heterocycles. The summed E-state index contributed by atoms with van der Waals surface area (Å²) in [5.41, 5.74) is 0. The Balaban J connectivity index is 2.42. The van der Waals surface area contributed by atoms with E-state index < -0.39 is 25.4 Å². The molecule has 0 radical (unpaired) electrons. The molecule has 0 bridgehead atoms. The van der Waals surface area contributed by atoms with Crippen molar-refractivity contribution in [1.29, 1.82) is 0 Å². The van der Waals surface area contributed by atoms with Gasteiger partial charge in [-0.1, -0.05) is 17.7 Å². The summed E-state index contributed by atoms with van der Waals surface area (Å²) in [6, 6.07) is 5.64. The van der Waals surface area contributed by atoms with Crippen molar-refractivity contribution in [2.24, 2.45) is 0 Å². The van der Waals surface area contributed by atoms with Crippen molar-refractivity contribution in [3.63, 3.8) is 0 Å². The van der Waals surface area contributed by atoms with Crippen LogP contribution in [0.15, 0.2) is 40.1 Å². The van der Waals surface area contributed by atoms with Gasteiger partial charge in [-0.3, -0.25) is 0 Å². The molecule has 2 rings (SSSR count). The number of hydrogen-bond acceptors (Lipinski definition) is 4. The molecule has 92 valence electrons. The molecule has 0 saturated heterocycles. The maximum Gasteiger partial charge on any atom is 0.203 e. The molecule has 0 atom stereocenters. The molecule has 1 aliphatic heterocycles. The van der Waals surface area contributed by atoms with Gasteiger partial charge in [-0.25, -0.2) is 16.8 Å². The van der Waals surface area contributed by atoms with Crippen LogP contribution in [-0.4, -0.2) is 28.3 Å². The first-order valence-electron chi connectivity index (χ1n) is 4.71. The Morgan fingerprint density at radius 3 is 2.18 bits per heavy atom. The van der Waals surface area contributed by atoms with Crippen LogP contribution in [0, 0.1) is 0 Å². The molecule has 0 saturated carbocycles. The Morgan fingerprint density at radius 1 is 1.12 bits per heavy atom. The number of benzene rings is 1. The molecule has 0 aromatic heterocycles. The lowest BCUT2D eigenvalue weighted by molar-refractivity contribution is 0.596. The van der Waals surface area contributed by atoms with Gasteiger partial charge in [0.15, 0.2) is 9.84 Å². The SMILES string of the molecule is O=S1(=O)CC=C(S(=O)(=O)c2ccc(Cl)cc2)C1. The van der Waals surface area contributed by atoms with Crippen LogP contribution in [0.1, 0.15) is 0 Å². The maximum absolute atomic E-state index is 12.1. The third-order valence-electron chi connectivity index (χ3n) is 2.40. The van der Waals surface area contributed by atoms with E-state index in [1.165, 1.54) is 30.3 Å². The second-order valence-corrected chi connectivity index (χ2v) is 8.23. The van der Waals surface area contributed by atoms with Gasteiger partial charge in [-0.15, -0.1) is 0 Å². The van der Waals surface area contributed by atoms with Gasteiger partial charge in [0, 0.05) is 5.02 Å². The predicted molar refractivity (Wildman–Crippen MR) is 65.4 cm³/mol. The summed E-state index contributed by atoms with van der Waals surface area (Å²) in [4.78, 5) is 0.00470. The molecule has 0 spiro atoms. The standard InChI is InChI=1S/C10H9ClO4S2/c11-8-1-3-9(4-2-8)17(14,15)10-5-6-16(12,13)7-10/h1-5H,6-7H2. The summed E-state index contributed by atoms with van der Waals surface area (Å²) in [5.74, 6) is -0.632. The number of hydrogen-bond donors (Lipinski definition) is 0. The van der Waals surface area contributed by atoms with Crippen molar-refractivity contribution in [2.75, 3.05) is 11.5 Å². The summed E-state index contributed by atoms with van der Waals surface area (Å²) in [7, 11) is -7.00. The highest BCUT2D eigenvalue weighted by Crippen LogP contribution is 2.25. The number of sulfone groups is 2. The molecule has 0 unspecified atom stereocenters. The average Bonchev–Trinajstić information content (AvgIpc) is 2.60. The Bertz CT molecular complexity index is 670. The third kappa shape index (κ3) is 2.53. The Kier molecular flexibility index (Phi) is 3.05.